The Balaban J connectivity index is 1.20. The Hall–Kier alpha value is -5.44. The molecular weight excluding hydrogens is 840 g/mol. The second kappa shape index (κ2) is 12.6. The van der Waals surface area contributed by atoms with Crippen LogP contribution in [0.1, 0.15) is 52.7 Å². The van der Waals surface area contributed by atoms with Crippen molar-refractivity contribution in [2.75, 3.05) is 4.81 Å². The topological polar surface area (TPSA) is 8.17 Å². The van der Waals surface area contributed by atoms with Crippen molar-refractivity contribution in [1.29, 1.82) is 0 Å². The second-order valence-electron chi connectivity index (χ2n) is 19.7. The van der Waals surface area contributed by atoms with Gasteiger partial charge in [-0.05, 0) is 105 Å². The summed E-state index contributed by atoms with van der Waals surface area (Å²) >= 11 is 7.72. The molecule has 3 aliphatic rings. The summed E-state index contributed by atoms with van der Waals surface area (Å²) < 4.78 is 8.01. The van der Waals surface area contributed by atoms with Gasteiger partial charge in [0.1, 0.15) is 0 Å². The molecule has 3 aliphatic heterocycles. The molecule has 0 atom stereocenters. The van der Waals surface area contributed by atoms with Crippen molar-refractivity contribution in [1.82, 2.24) is 4.57 Å². The molecule has 2 nitrogen and oxygen atoms in total. The van der Waals surface area contributed by atoms with E-state index >= 15 is 0 Å². The molecule has 0 aliphatic carbocycles. The normalized spacial score (nSPS) is 14.3. The Labute approximate surface area is 383 Å². The van der Waals surface area contributed by atoms with Crippen LogP contribution in [0.5, 0.6) is 0 Å². The SMILES string of the molecule is CC(C)(C)c1ccc2c(c1)c1cc(C(C)(C)C)cc3c1n2-c1cc2sc4ccccc4c2c2c1B3N(c1cccc3c1sc1ccccc13)c1cc3c(cc1-2)Sc1ccccc1S3. The summed E-state index contributed by atoms with van der Waals surface area (Å²) in [4.78, 5) is 8.10. The maximum Gasteiger partial charge on any atom is 0.333 e. The number of anilines is 2. The molecule has 7 heteroatoms. The molecule has 8 aromatic carbocycles. The largest absolute Gasteiger partial charge is 0.375 e. The lowest BCUT2D eigenvalue weighted by atomic mass is 9.43. The number of thiophene rings is 2. The van der Waals surface area contributed by atoms with Gasteiger partial charge in [-0.1, -0.05) is 138 Å². The third-order valence-corrected chi connectivity index (χ3v) is 18.8. The fourth-order valence-corrected chi connectivity index (χ4v) is 15.5. The predicted molar refractivity (Wildman–Crippen MR) is 278 cm³/mol. The summed E-state index contributed by atoms with van der Waals surface area (Å²) in [5, 5.41) is 8.06. The van der Waals surface area contributed by atoms with Crippen molar-refractivity contribution in [3.05, 3.63) is 151 Å². The quantitative estimate of drug-likeness (QED) is 0.152. The van der Waals surface area contributed by atoms with Gasteiger partial charge in [0.15, 0.2) is 0 Å². The average molecular weight is 881 g/mol. The molecule has 0 radical (unpaired) electrons. The minimum Gasteiger partial charge on any atom is -0.375 e. The van der Waals surface area contributed by atoms with Gasteiger partial charge < -0.3 is 9.38 Å². The van der Waals surface area contributed by atoms with Crippen LogP contribution in [0.3, 0.4) is 0 Å². The molecule has 6 heterocycles. The number of nitrogens with zero attached hydrogens (tertiary/aromatic N) is 2. The lowest BCUT2D eigenvalue weighted by molar-refractivity contribution is 0.590. The van der Waals surface area contributed by atoms with Crippen LogP contribution in [0, 0.1) is 0 Å². The minimum atomic E-state index is -0.0864. The first-order valence-electron chi connectivity index (χ1n) is 21.9. The van der Waals surface area contributed by atoms with E-state index in [4.69, 9.17) is 0 Å². The van der Waals surface area contributed by atoms with Crippen molar-refractivity contribution in [2.45, 2.75) is 72.0 Å². The van der Waals surface area contributed by atoms with Gasteiger partial charge in [-0.15, -0.1) is 22.7 Å². The van der Waals surface area contributed by atoms with Gasteiger partial charge in [0.05, 0.1) is 15.7 Å². The number of benzene rings is 8. The summed E-state index contributed by atoms with van der Waals surface area (Å²) in [5.74, 6) is 0. The first-order chi connectivity index (χ1) is 30.5. The van der Waals surface area contributed by atoms with Crippen LogP contribution in [0.25, 0.3) is 79.0 Å². The van der Waals surface area contributed by atoms with Crippen molar-refractivity contribution < 1.29 is 0 Å². The van der Waals surface area contributed by atoms with E-state index in [1.54, 1.807) is 0 Å². The fraction of sp³-hybridized carbons (Fsp3) is 0.143. The zero-order valence-electron chi connectivity index (χ0n) is 35.9. The average Bonchev–Trinajstić information content (AvgIpc) is 3.95. The van der Waals surface area contributed by atoms with Gasteiger partial charge in [-0.3, -0.25) is 0 Å². The third-order valence-electron chi connectivity index (χ3n) is 13.9. The Morgan fingerprint density at radius 2 is 1.14 bits per heavy atom. The molecule has 0 N–H and O–H groups in total. The monoisotopic (exact) mass is 880 g/mol. The van der Waals surface area contributed by atoms with Crippen LogP contribution in [-0.4, -0.2) is 11.4 Å². The highest BCUT2D eigenvalue weighted by molar-refractivity contribution is 8.05. The summed E-state index contributed by atoms with van der Waals surface area (Å²) in [6, 6.07) is 54.2. The number of fused-ring (bicyclic) bond motifs is 16. The van der Waals surface area contributed by atoms with E-state index in [0.29, 0.717) is 0 Å². The van der Waals surface area contributed by atoms with Gasteiger partial charge in [-0.2, -0.15) is 0 Å². The van der Waals surface area contributed by atoms with Crippen LogP contribution in [0.4, 0.5) is 11.4 Å². The van der Waals surface area contributed by atoms with Crippen molar-refractivity contribution in [3.8, 4) is 16.8 Å². The molecule has 0 bridgehead atoms. The van der Waals surface area contributed by atoms with Crippen LogP contribution in [0.15, 0.2) is 159 Å². The maximum absolute atomic E-state index is 2.79. The Morgan fingerprint density at radius 3 is 1.90 bits per heavy atom. The molecule has 302 valence electrons. The smallest absolute Gasteiger partial charge is 0.333 e. The van der Waals surface area contributed by atoms with Gasteiger partial charge in [0.2, 0.25) is 0 Å². The summed E-state index contributed by atoms with van der Waals surface area (Å²) in [5.41, 5.74) is 14.7. The van der Waals surface area contributed by atoms with E-state index in [1.807, 2.05) is 46.2 Å². The molecule has 63 heavy (non-hydrogen) atoms. The van der Waals surface area contributed by atoms with E-state index < -0.39 is 0 Å². The number of hydrogen-bond acceptors (Lipinski definition) is 5. The van der Waals surface area contributed by atoms with Gasteiger partial charge >= 0.3 is 6.85 Å². The van der Waals surface area contributed by atoms with Crippen molar-refractivity contribution >= 4 is 137 Å². The second-order valence-corrected chi connectivity index (χ2v) is 24.0. The van der Waals surface area contributed by atoms with Crippen molar-refractivity contribution in [2.24, 2.45) is 0 Å². The number of hydrogen-bond donors (Lipinski definition) is 0. The molecule has 11 aromatic rings. The lowest BCUT2D eigenvalue weighted by Gasteiger charge is -2.43. The molecule has 3 aromatic heterocycles. The summed E-state index contributed by atoms with van der Waals surface area (Å²) in [7, 11) is 0. The van der Waals surface area contributed by atoms with Gasteiger partial charge in [0.25, 0.3) is 0 Å². The lowest BCUT2D eigenvalue weighted by Crippen LogP contribution is -2.61. The molecule has 0 amide bonds. The molecule has 0 fully saturated rings. The first kappa shape index (κ1) is 37.0. The number of aromatic nitrogens is 1. The highest BCUT2D eigenvalue weighted by atomic mass is 32.2. The van der Waals surface area contributed by atoms with Gasteiger partial charge in [0, 0.05) is 88.6 Å². The molecule has 0 unspecified atom stereocenters. The Kier molecular flexibility index (Phi) is 7.42. The molecule has 0 saturated carbocycles. The Bertz CT molecular complexity index is 3850. The van der Waals surface area contributed by atoms with Crippen LogP contribution in [-0.2, 0) is 10.8 Å². The molecular formula is C56H41BN2S4. The van der Waals surface area contributed by atoms with Crippen LogP contribution >= 0.6 is 46.2 Å². The predicted octanol–water partition coefficient (Wildman–Crippen LogP) is 16.0. The highest BCUT2D eigenvalue weighted by Gasteiger charge is 2.46. The van der Waals surface area contributed by atoms with Crippen LogP contribution in [0.2, 0.25) is 0 Å². The van der Waals surface area contributed by atoms with E-state index in [0.717, 1.165) is 0 Å². The maximum atomic E-state index is 2.79. The summed E-state index contributed by atoms with van der Waals surface area (Å²) in [6.45, 7) is 14.1. The third kappa shape index (κ3) is 5.05. The van der Waals surface area contributed by atoms with E-state index in [2.05, 4.69) is 190 Å². The summed E-state index contributed by atoms with van der Waals surface area (Å²) in [6.07, 6.45) is 0. The van der Waals surface area contributed by atoms with Crippen molar-refractivity contribution in [3.63, 3.8) is 0 Å². The van der Waals surface area contributed by atoms with E-state index in [-0.39, 0.29) is 17.7 Å². The van der Waals surface area contributed by atoms with Crippen LogP contribution < -0.4 is 15.7 Å². The molecule has 14 rings (SSSR count). The zero-order valence-corrected chi connectivity index (χ0v) is 39.1. The fourth-order valence-electron chi connectivity index (χ4n) is 10.9. The van der Waals surface area contributed by atoms with E-state index in [9.17, 15) is 0 Å². The molecule has 0 spiro atoms. The number of rotatable bonds is 1. The van der Waals surface area contributed by atoms with E-state index in [1.165, 1.54) is 132 Å². The zero-order chi connectivity index (χ0) is 42.3. The minimum absolute atomic E-state index is 0.0171. The van der Waals surface area contributed by atoms with Gasteiger partial charge in [-0.25, -0.2) is 0 Å². The first-order valence-corrected chi connectivity index (χ1v) is 25.2. The standard InChI is InChI=1S/C56H41BN2S4/c1-55(2,3)30-22-23-39-35(24-30)36-25-31(56(4,5)6)26-38-53(36)58(39)42-29-49-50(34-15-8-10-19-44(34)60-49)51-37-27-47-48(62-46-21-12-11-20-45(46)61-47)28-41(37)59(57(38)52(42)51)40-17-13-16-33-32-14-7-9-18-43(32)63-54(33)40/h7-29H,1-6H3. The molecule has 0 saturated heterocycles. The Morgan fingerprint density at radius 1 is 0.476 bits per heavy atom. The highest BCUT2D eigenvalue weighted by Crippen LogP contribution is 2.57.